The minimum atomic E-state index is -1.25. The first-order chi connectivity index (χ1) is 10.8. The number of hydrogen-bond acceptors (Lipinski definition) is 4. The second-order valence-electron chi connectivity index (χ2n) is 6.38. The molecule has 1 rings (SSSR count). The van der Waals surface area contributed by atoms with Crippen molar-refractivity contribution in [3.63, 3.8) is 0 Å². The third kappa shape index (κ3) is 5.16. The van der Waals surface area contributed by atoms with Gasteiger partial charge in [0.15, 0.2) is 6.04 Å². The Morgan fingerprint density at radius 2 is 1.96 bits per heavy atom. The normalized spacial score (nSPS) is 23.9. The molecule has 0 saturated heterocycles. The highest BCUT2D eigenvalue weighted by Crippen LogP contribution is 2.35. The Kier molecular flexibility index (Phi) is 7.42. The molecular formula is C17H27NO5. The summed E-state index contributed by atoms with van der Waals surface area (Å²) in [5.41, 5.74) is 0. The van der Waals surface area contributed by atoms with Gasteiger partial charge < -0.3 is 5.11 Å². The van der Waals surface area contributed by atoms with Crippen LogP contribution in [0, 0.1) is 17.8 Å². The monoisotopic (exact) mass is 325 g/mol. The van der Waals surface area contributed by atoms with Crippen LogP contribution in [-0.4, -0.2) is 39.1 Å². The van der Waals surface area contributed by atoms with Crippen molar-refractivity contribution < 1.29 is 24.7 Å². The van der Waals surface area contributed by atoms with Crippen LogP contribution < -0.4 is 0 Å². The molecule has 6 heteroatoms. The summed E-state index contributed by atoms with van der Waals surface area (Å²) >= 11 is 0. The van der Waals surface area contributed by atoms with Gasteiger partial charge in [-0.1, -0.05) is 32.4 Å². The fourth-order valence-electron chi connectivity index (χ4n) is 3.11. The molecule has 0 aromatic heterocycles. The fraction of sp³-hybridized carbons (Fsp3) is 0.706. The first kappa shape index (κ1) is 19.4. The lowest BCUT2D eigenvalue weighted by Crippen LogP contribution is -2.47. The van der Waals surface area contributed by atoms with Crippen LogP contribution in [0.5, 0.6) is 0 Å². The maximum absolute atomic E-state index is 12.3. The lowest BCUT2D eigenvalue weighted by atomic mass is 9.89. The molecule has 1 saturated carbocycles. The lowest BCUT2D eigenvalue weighted by Gasteiger charge is -2.28. The van der Waals surface area contributed by atoms with Crippen LogP contribution in [-0.2, 0) is 14.4 Å². The molecule has 1 aliphatic rings. The number of rotatable bonds is 8. The summed E-state index contributed by atoms with van der Waals surface area (Å²) in [5.74, 6) is -2.12. The lowest BCUT2D eigenvalue weighted by molar-refractivity contribution is -0.191. The van der Waals surface area contributed by atoms with Gasteiger partial charge in [0.2, 0.25) is 5.91 Å². The first-order valence-electron chi connectivity index (χ1n) is 8.18. The summed E-state index contributed by atoms with van der Waals surface area (Å²) in [6.07, 6.45) is 5.90. The van der Waals surface area contributed by atoms with Crippen molar-refractivity contribution in [1.82, 2.24) is 5.06 Å². The number of carbonyl (C=O) groups is 3. The van der Waals surface area contributed by atoms with Crippen LogP contribution in [0.25, 0.3) is 0 Å². The molecule has 6 nitrogen and oxygen atoms in total. The molecule has 1 aliphatic carbocycles. The van der Waals surface area contributed by atoms with Crippen LogP contribution in [0.3, 0.4) is 0 Å². The quantitative estimate of drug-likeness (QED) is 0.406. The number of carboxylic acid groups (broad SMARTS) is 1. The van der Waals surface area contributed by atoms with Gasteiger partial charge in [-0.3, -0.25) is 14.8 Å². The molecule has 4 atom stereocenters. The smallest absolute Gasteiger partial charge is 0.329 e. The van der Waals surface area contributed by atoms with Crippen LogP contribution in [0.2, 0.25) is 0 Å². The van der Waals surface area contributed by atoms with Crippen molar-refractivity contribution in [2.45, 2.75) is 58.9 Å². The number of carboxylic acids is 1. The van der Waals surface area contributed by atoms with Crippen molar-refractivity contribution in [3.05, 3.63) is 12.2 Å². The average Bonchev–Trinajstić information content (AvgIpc) is 2.84. The molecule has 0 bridgehead atoms. The maximum atomic E-state index is 12.3. The first-order valence-corrected chi connectivity index (χ1v) is 8.18. The van der Waals surface area contributed by atoms with E-state index in [0.717, 1.165) is 6.42 Å². The van der Waals surface area contributed by atoms with Gasteiger partial charge in [-0.2, -0.15) is 0 Å². The standard InChI is InChI=1S/C17H27NO5/c1-4-6-7-12-8-14(19)9-13(12)10-15(20)18(23)16(17(21)22)11(3)5-2/h4,6,11-13,16,23H,5,7-10H2,1-3H3,(H,21,22)/t11-,12?,13?,16-/m0/s1. The summed E-state index contributed by atoms with van der Waals surface area (Å²) in [5, 5.41) is 19.6. The zero-order chi connectivity index (χ0) is 17.6. The van der Waals surface area contributed by atoms with Crippen molar-refractivity contribution in [2.75, 3.05) is 0 Å². The van der Waals surface area contributed by atoms with Gasteiger partial charge in [0.05, 0.1) is 0 Å². The van der Waals surface area contributed by atoms with Crippen LogP contribution >= 0.6 is 0 Å². The van der Waals surface area contributed by atoms with E-state index in [0.29, 0.717) is 24.3 Å². The van der Waals surface area contributed by atoms with E-state index in [1.165, 1.54) is 0 Å². The topological polar surface area (TPSA) is 94.9 Å². The van der Waals surface area contributed by atoms with Gasteiger partial charge in [-0.15, -0.1) is 0 Å². The number of amides is 1. The Morgan fingerprint density at radius 1 is 1.35 bits per heavy atom. The van der Waals surface area contributed by atoms with E-state index in [1.807, 2.05) is 26.0 Å². The van der Waals surface area contributed by atoms with E-state index in [9.17, 15) is 24.7 Å². The van der Waals surface area contributed by atoms with Crippen LogP contribution in [0.1, 0.15) is 52.9 Å². The SMILES string of the molecule is CC=CCC1CC(=O)CC1CC(=O)N(O)[C@H](C(=O)O)[C@@H](C)CC. The highest BCUT2D eigenvalue weighted by atomic mass is 16.5. The minimum absolute atomic E-state index is 0.00464. The Labute approximate surface area is 137 Å². The highest BCUT2D eigenvalue weighted by molar-refractivity contribution is 5.85. The van der Waals surface area contributed by atoms with Gasteiger partial charge in [-0.25, -0.2) is 9.86 Å². The molecule has 2 N–H and O–H groups in total. The second kappa shape index (κ2) is 8.82. The van der Waals surface area contributed by atoms with Crippen LogP contribution in [0.4, 0.5) is 0 Å². The zero-order valence-corrected chi connectivity index (χ0v) is 14.1. The molecule has 1 fully saturated rings. The number of hydroxylamine groups is 2. The third-order valence-corrected chi connectivity index (χ3v) is 4.71. The van der Waals surface area contributed by atoms with Crippen LogP contribution in [0.15, 0.2) is 12.2 Å². The number of ketones is 1. The van der Waals surface area contributed by atoms with Gasteiger partial charge >= 0.3 is 5.97 Å². The predicted molar refractivity (Wildman–Crippen MR) is 84.8 cm³/mol. The van der Waals surface area contributed by atoms with Crippen molar-refractivity contribution in [1.29, 1.82) is 0 Å². The number of allylic oxidation sites excluding steroid dienone is 2. The molecule has 0 radical (unpaired) electrons. The van der Waals surface area contributed by atoms with Crippen molar-refractivity contribution in [3.8, 4) is 0 Å². The fourth-order valence-corrected chi connectivity index (χ4v) is 3.11. The van der Waals surface area contributed by atoms with E-state index in [2.05, 4.69) is 0 Å². The number of carbonyl (C=O) groups excluding carboxylic acids is 2. The molecule has 0 aliphatic heterocycles. The zero-order valence-electron chi connectivity index (χ0n) is 14.1. The van der Waals surface area contributed by atoms with Crippen molar-refractivity contribution in [2.24, 2.45) is 17.8 Å². The van der Waals surface area contributed by atoms with E-state index >= 15 is 0 Å². The number of hydrogen-bond donors (Lipinski definition) is 2. The molecule has 130 valence electrons. The Morgan fingerprint density at radius 3 is 2.48 bits per heavy atom. The third-order valence-electron chi connectivity index (χ3n) is 4.71. The predicted octanol–water partition coefficient (Wildman–Crippen LogP) is 2.66. The summed E-state index contributed by atoms with van der Waals surface area (Å²) in [6, 6.07) is -1.25. The Hall–Kier alpha value is -1.69. The molecule has 1 amide bonds. The number of nitrogens with zero attached hydrogens (tertiary/aromatic N) is 1. The van der Waals surface area contributed by atoms with Gasteiger partial charge in [0.1, 0.15) is 5.78 Å². The van der Waals surface area contributed by atoms with Gasteiger partial charge in [0, 0.05) is 19.3 Å². The summed E-state index contributed by atoms with van der Waals surface area (Å²) in [6.45, 7) is 5.39. The molecule has 0 aromatic rings. The molecular weight excluding hydrogens is 298 g/mol. The summed E-state index contributed by atoms with van der Waals surface area (Å²) in [7, 11) is 0. The largest absolute Gasteiger partial charge is 0.480 e. The molecule has 0 spiro atoms. The molecule has 0 heterocycles. The maximum Gasteiger partial charge on any atom is 0.329 e. The number of aliphatic carboxylic acids is 1. The molecule has 23 heavy (non-hydrogen) atoms. The number of Topliss-reactive ketones (excluding diaryl/α,β-unsaturated/α-hetero) is 1. The average molecular weight is 325 g/mol. The highest BCUT2D eigenvalue weighted by Gasteiger charge is 2.38. The van der Waals surface area contributed by atoms with E-state index in [-0.39, 0.29) is 30.0 Å². The van der Waals surface area contributed by atoms with E-state index < -0.39 is 17.9 Å². The van der Waals surface area contributed by atoms with Gasteiger partial charge in [0.25, 0.3) is 0 Å². The van der Waals surface area contributed by atoms with E-state index in [4.69, 9.17) is 0 Å². The molecule has 0 aromatic carbocycles. The Balaban J connectivity index is 2.75. The van der Waals surface area contributed by atoms with Gasteiger partial charge in [-0.05, 0) is 31.1 Å². The van der Waals surface area contributed by atoms with Crippen molar-refractivity contribution >= 4 is 17.7 Å². The summed E-state index contributed by atoms with van der Waals surface area (Å²) in [4.78, 5) is 35.3. The minimum Gasteiger partial charge on any atom is -0.480 e. The Bertz CT molecular complexity index is 474. The summed E-state index contributed by atoms with van der Waals surface area (Å²) < 4.78 is 0. The molecule has 2 unspecified atom stereocenters. The second-order valence-corrected chi connectivity index (χ2v) is 6.38. The van der Waals surface area contributed by atoms with E-state index in [1.54, 1.807) is 6.92 Å².